The van der Waals surface area contributed by atoms with Crippen LogP contribution in [0.1, 0.15) is 23.3 Å². The van der Waals surface area contributed by atoms with Crippen molar-refractivity contribution in [1.82, 2.24) is 0 Å². The molecule has 0 amide bonds. The molecule has 0 fully saturated rings. The van der Waals surface area contributed by atoms with Gasteiger partial charge in [0.05, 0.1) is 9.85 Å². The zero-order chi connectivity index (χ0) is 17.5. The van der Waals surface area contributed by atoms with Gasteiger partial charge in [-0.3, -0.25) is 20.2 Å². The topological polar surface area (TPSA) is 116 Å². The first-order valence-electron chi connectivity index (χ1n) is 6.87. The van der Waals surface area contributed by atoms with Crippen LogP contribution >= 0.6 is 11.6 Å². The zero-order valence-corrected chi connectivity index (χ0v) is 12.8. The maximum absolute atomic E-state index is 11.6. The fourth-order valence-corrected chi connectivity index (χ4v) is 2.97. The maximum atomic E-state index is 11.6. The van der Waals surface area contributed by atoms with E-state index in [2.05, 4.69) is 0 Å². The van der Waals surface area contributed by atoms with E-state index in [9.17, 15) is 25.3 Å². The molecule has 0 aromatic heterocycles. The average Bonchev–Trinajstić information content (AvgIpc) is 2.58. The molecule has 0 saturated heterocycles. The lowest BCUT2D eigenvalue weighted by Crippen LogP contribution is -2.49. The number of aliphatic hydroxyl groups excluding tert-OH is 1. The van der Waals surface area contributed by atoms with Crippen molar-refractivity contribution in [2.45, 2.75) is 17.2 Å². The van der Waals surface area contributed by atoms with Crippen molar-refractivity contribution >= 4 is 17.3 Å². The Balaban J connectivity index is 2.17. The number of aliphatic hydroxyl groups is 1. The van der Waals surface area contributed by atoms with Crippen molar-refractivity contribution in [2.24, 2.45) is 0 Å². The minimum absolute atomic E-state index is 0.129. The number of fused-ring (bicyclic) bond motifs is 1. The fourth-order valence-electron chi connectivity index (χ4n) is 2.68. The van der Waals surface area contributed by atoms with Gasteiger partial charge in [0.25, 0.3) is 5.69 Å². The third kappa shape index (κ3) is 2.36. The number of non-ortho nitro benzene ring substituents is 1. The van der Waals surface area contributed by atoms with Crippen LogP contribution in [0.15, 0.2) is 48.5 Å². The smallest absolute Gasteiger partial charge is 0.364 e. The summed E-state index contributed by atoms with van der Waals surface area (Å²) in [5.74, 6) is 0.236. The number of benzene rings is 2. The molecule has 3 unspecified atom stereocenters. The van der Waals surface area contributed by atoms with E-state index in [-0.39, 0.29) is 22.6 Å². The molecule has 0 radical (unpaired) electrons. The van der Waals surface area contributed by atoms with E-state index >= 15 is 0 Å². The number of hydrogen-bond donors (Lipinski definition) is 1. The van der Waals surface area contributed by atoms with E-state index in [0.29, 0.717) is 0 Å². The number of alkyl halides is 1. The number of hydrogen-bond acceptors (Lipinski definition) is 6. The molecule has 0 saturated carbocycles. The summed E-state index contributed by atoms with van der Waals surface area (Å²) in [4.78, 5) is 18.7. The summed E-state index contributed by atoms with van der Waals surface area (Å²) in [6, 6.07) is 11.5. The molecule has 0 aliphatic carbocycles. The van der Waals surface area contributed by atoms with Crippen LogP contribution in [0.25, 0.3) is 0 Å². The van der Waals surface area contributed by atoms with Crippen LogP contribution < -0.4 is 4.74 Å². The highest BCUT2D eigenvalue weighted by molar-refractivity contribution is 6.23. The summed E-state index contributed by atoms with van der Waals surface area (Å²) >= 11 is 6.18. The maximum Gasteiger partial charge on any atom is 0.364 e. The molecular formula is C15H11ClN2O6. The Hall–Kier alpha value is -2.71. The van der Waals surface area contributed by atoms with Gasteiger partial charge >= 0.3 is 5.00 Å². The monoisotopic (exact) mass is 350 g/mol. The van der Waals surface area contributed by atoms with Crippen molar-refractivity contribution in [3.63, 3.8) is 0 Å². The number of para-hydroxylation sites is 1. The third-order valence-corrected chi connectivity index (χ3v) is 4.42. The van der Waals surface area contributed by atoms with Crippen LogP contribution in [0.2, 0.25) is 0 Å². The van der Waals surface area contributed by atoms with Crippen LogP contribution in [-0.2, 0) is 0 Å². The van der Waals surface area contributed by atoms with Gasteiger partial charge in [-0.2, -0.15) is 0 Å². The van der Waals surface area contributed by atoms with Crippen molar-refractivity contribution in [3.05, 3.63) is 79.9 Å². The quantitative estimate of drug-likeness (QED) is 0.393. The van der Waals surface area contributed by atoms with E-state index in [4.69, 9.17) is 16.3 Å². The van der Waals surface area contributed by atoms with Gasteiger partial charge in [0.2, 0.25) is 6.10 Å². The van der Waals surface area contributed by atoms with Crippen LogP contribution in [0.4, 0.5) is 5.69 Å². The third-order valence-electron chi connectivity index (χ3n) is 3.87. The molecule has 124 valence electrons. The molecule has 2 aromatic carbocycles. The molecule has 1 aliphatic rings. The highest BCUT2D eigenvalue weighted by Gasteiger charge is 2.61. The van der Waals surface area contributed by atoms with E-state index < -0.39 is 27.1 Å². The second-order valence-electron chi connectivity index (χ2n) is 5.28. The number of halogens is 1. The average molecular weight is 351 g/mol. The van der Waals surface area contributed by atoms with Gasteiger partial charge in [0, 0.05) is 23.3 Å². The summed E-state index contributed by atoms with van der Waals surface area (Å²) in [6.07, 6.45) is -3.05. The Kier molecular flexibility index (Phi) is 3.86. The molecule has 1 N–H and O–H groups in total. The van der Waals surface area contributed by atoms with Gasteiger partial charge in [0.1, 0.15) is 5.75 Å². The molecule has 9 heteroatoms. The lowest BCUT2D eigenvalue weighted by Gasteiger charge is -2.37. The molecule has 2 aromatic rings. The Bertz CT molecular complexity index is 829. The van der Waals surface area contributed by atoms with Crippen molar-refractivity contribution in [1.29, 1.82) is 0 Å². The summed E-state index contributed by atoms with van der Waals surface area (Å²) < 4.78 is 5.64. The molecule has 1 heterocycles. The molecule has 8 nitrogen and oxygen atoms in total. The van der Waals surface area contributed by atoms with E-state index in [1.54, 1.807) is 18.2 Å². The Morgan fingerprint density at radius 3 is 2.50 bits per heavy atom. The van der Waals surface area contributed by atoms with E-state index in [1.165, 1.54) is 24.3 Å². The van der Waals surface area contributed by atoms with Crippen molar-refractivity contribution < 1.29 is 19.7 Å². The van der Waals surface area contributed by atoms with Crippen LogP contribution in [0, 0.1) is 20.2 Å². The molecule has 24 heavy (non-hydrogen) atoms. The predicted octanol–water partition coefficient (Wildman–Crippen LogP) is 2.97. The second kappa shape index (κ2) is 5.73. The molecule has 0 bridgehead atoms. The van der Waals surface area contributed by atoms with Gasteiger partial charge in [-0.1, -0.05) is 30.3 Å². The number of nitro benzene ring substituents is 1. The van der Waals surface area contributed by atoms with Gasteiger partial charge in [-0.05, 0) is 17.7 Å². The van der Waals surface area contributed by atoms with Crippen molar-refractivity contribution in [2.75, 3.05) is 0 Å². The fraction of sp³-hybridized carbons (Fsp3) is 0.200. The Morgan fingerprint density at radius 2 is 1.83 bits per heavy atom. The van der Waals surface area contributed by atoms with Gasteiger partial charge < -0.3 is 9.84 Å². The van der Waals surface area contributed by atoms with Crippen LogP contribution in [0.5, 0.6) is 5.75 Å². The standard InChI is InChI=1S/C15H11ClN2O6/c16-15(18(22)23)13(19)11-6-1-2-7-12(11)24-14(15)9-4-3-5-10(8-9)17(20)21/h1-8,13-14,19H. The van der Waals surface area contributed by atoms with Gasteiger partial charge in [-0.25, -0.2) is 0 Å². The van der Waals surface area contributed by atoms with E-state index in [1.807, 2.05) is 0 Å². The first-order chi connectivity index (χ1) is 11.4. The zero-order valence-electron chi connectivity index (χ0n) is 12.0. The summed E-state index contributed by atoms with van der Waals surface area (Å²) in [7, 11) is 0. The van der Waals surface area contributed by atoms with Gasteiger partial charge in [-0.15, -0.1) is 0 Å². The lowest BCUT2D eigenvalue weighted by atomic mass is 9.89. The number of nitro groups is 2. The molecule has 3 rings (SSSR count). The van der Waals surface area contributed by atoms with Crippen LogP contribution in [-0.4, -0.2) is 20.0 Å². The molecular weight excluding hydrogens is 340 g/mol. The molecule has 3 atom stereocenters. The number of rotatable bonds is 3. The first-order valence-corrected chi connectivity index (χ1v) is 7.25. The van der Waals surface area contributed by atoms with Crippen molar-refractivity contribution in [3.8, 4) is 5.75 Å². The Labute approximate surface area is 140 Å². The molecule has 1 aliphatic heterocycles. The SMILES string of the molecule is O=[N+]([O-])c1cccc(C2Oc3ccccc3C(O)C2(Cl)[N+](=O)[O-])c1. The highest BCUT2D eigenvalue weighted by Crippen LogP contribution is 2.51. The van der Waals surface area contributed by atoms with Gasteiger partial charge in [0.15, 0.2) is 6.10 Å². The minimum Gasteiger partial charge on any atom is -0.476 e. The summed E-state index contributed by atoms with van der Waals surface area (Å²) in [5, 5.41) is 33.0. The minimum atomic E-state index is -2.41. The van der Waals surface area contributed by atoms with E-state index in [0.717, 1.165) is 6.07 Å². The normalized spacial score (nSPS) is 25.4. The number of ether oxygens (including phenoxy) is 1. The number of nitrogens with zero attached hydrogens (tertiary/aromatic N) is 2. The summed E-state index contributed by atoms with van der Waals surface area (Å²) in [6.45, 7) is 0. The Morgan fingerprint density at radius 1 is 1.12 bits per heavy atom. The lowest BCUT2D eigenvalue weighted by molar-refractivity contribution is -0.570. The first kappa shape index (κ1) is 16.2. The molecule has 0 spiro atoms. The predicted molar refractivity (Wildman–Crippen MR) is 83.4 cm³/mol. The summed E-state index contributed by atoms with van der Waals surface area (Å²) in [5.41, 5.74) is 0.0575. The van der Waals surface area contributed by atoms with Crippen LogP contribution in [0.3, 0.4) is 0 Å². The largest absolute Gasteiger partial charge is 0.476 e. The highest BCUT2D eigenvalue weighted by atomic mass is 35.5. The second-order valence-corrected chi connectivity index (χ2v) is 5.88.